The molecule has 0 unspecified atom stereocenters. The van der Waals surface area contributed by atoms with Crippen molar-refractivity contribution in [2.75, 3.05) is 0 Å². The van der Waals surface area contributed by atoms with E-state index in [0.717, 1.165) is 39.3 Å². The Kier molecular flexibility index (Phi) is 7.59. The molecule has 7 rings (SSSR count). The fraction of sp³-hybridized carbons (Fsp3) is 0.0488. The molecule has 0 atom stereocenters. The van der Waals surface area contributed by atoms with Crippen molar-refractivity contribution in [3.8, 4) is 44.9 Å². The minimum absolute atomic E-state index is 0.112. The molecule has 0 saturated heterocycles. The van der Waals surface area contributed by atoms with E-state index in [-0.39, 0.29) is 5.92 Å². The van der Waals surface area contributed by atoms with Crippen molar-refractivity contribution in [1.29, 1.82) is 0 Å². The van der Waals surface area contributed by atoms with Gasteiger partial charge >= 0.3 is 0 Å². The van der Waals surface area contributed by atoms with Crippen molar-refractivity contribution in [3.63, 3.8) is 0 Å². The van der Waals surface area contributed by atoms with Gasteiger partial charge in [0.2, 0.25) is 0 Å². The Hall–Kier alpha value is -5.67. The van der Waals surface area contributed by atoms with Crippen molar-refractivity contribution in [3.05, 3.63) is 186 Å². The smallest absolute Gasteiger partial charge is 0.0708 e. The van der Waals surface area contributed by atoms with Crippen LogP contribution in [0, 0.1) is 6.92 Å². The Labute approximate surface area is 258 Å². The molecule has 0 aliphatic carbocycles. The van der Waals surface area contributed by atoms with Gasteiger partial charge < -0.3 is 0 Å². The van der Waals surface area contributed by atoms with Crippen LogP contribution in [0.3, 0.4) is 0 Å². The highest BCUT2D eigenvalue weighted by atomic mass is 14.7. The highest BCUT2D eigenvalue weighted by Gasteiger charge is 2.26. The summed E-state index contributed by atoms with van der Waals surface area (Å²) in [6.45, 7) is 2.17. The number of rotatable bonds is 7. The van der Waals surface area contributed by atoms with Crippen LogP contribution in [0.15, 0.2) is 164 Å². The van der Waals surface area contributed by atoms with Gasteiger partial charge in [0.25, 0.3) is 0 Å². The molecule has 0 aliphatic rings. The van der Waals surface area contributed by atoms with E-state index in [0.29, 0.717) is 0 Å². The number of nitrogens with zero attached hydrogens (tertiary/aromatic N) is 3. The van der Waals surface area contributed by atoms with Crippen LogP contribution in [0.1, 0.15) is 28.2 Å². The predicted octanol–water partition coefficient (Wildman–Crippen LogP) is 10.0. The van der Waals surface area contributed by atoms with Gasteiger partial charge in [0.1, 0.15) is 0 Å². The first-order chi connectivity index (χ1) is 21.8. The Balaban J connectivity index is 1.47. The standard InChI is InChI=1S/C41H31N3/c1-29-27-40(44-28-37(29)30-15-3-2-4-16-30)33-19-7-10-22-36(33)41(34-20-8-5-17-31(34)38-23-11-13-25-42-38)35-21-9-6-18-32(35)39-24-12-14-26-43-39/h2-28,41H,1H3. The Morgan fingerprint density at radius 3 is 1.34 bits per heavy atom. The van der Waals surface area contributed by atoms with Gasteiger partial charge in [0, 0.05) is 46.8 Å². The zero-order chi connectivity index (χ0) is 29.7. The van der Waals surface area contributed by atoms with Crippen molar-refractivity contribution >= 4 is 0 Å². The van der Waals surface area contributed by atoms with Crippen molar-refractivity contribution < 1.29 is 0 Å². The lowest BCUT2D eigenvalue weighted by molar-refractivity contribution is 0.978. The van der Waals surface area contributed by atoms with Crippen LogP contribution in [-0.2, 0) is 0 Å². The summed E-state index contributed by atoms with van der Waals surface area (Å²) in [6.07, 6.45) is 5.73. The van der Waals surface area contributed by atoms with E-state index in [4.69, 9.17) is 15.0 Å². The molecule has 0 spiro atoms. The van der Waals surface area contributed by atoms with E-state index in [9.17, 15) is 0 Å². The molecule has 3 nitrogen and oxygen atoms in total. The summed E-state index contributed by atoms with van der Waals surface area (Å²) in [7, 11) is 0. The molecule has 0 saturated carbocycles. The second-order valence-electron chi connectivity index (χ2n) is 10.9. The number of benzene rings is 4. The van der Waals surface area contributed by atoms with E-state index in [2.05, 4.69) is 122 Å². The van der Waals surface area contributed by atoms with Crippen LogP contribution in [-0.4, -0.2) is 15.0 Å². The minimum Gasteiger partial charge on any atom is -0.256 e. The fourth-order valence-electron chi connectivity index (χ4n) is 6.12. The number of aromatic nitrogens is 3. The monoisotopic (exact) mass is 565 g/mol. The average molecular weight is 566 g/mol. The van der Waals surface area contributed by atoms with Gasteiger partial charge in [0.05, 0.1) is 17.1 Å². The fourth-order valence-corrected chi connectivity index (χ4v) is 6.12. The molecule has 0 amide bonds. The zero-order valence-electron chi connectivity index (χ0n) is 24.5. The molecule has 3 heterocycles. The molecule has 3 heteroatoms. The normalized spacial score (nSPS) is 11.0. The van der Waals surface area contributed by atoms with E-state index >= 15 is 0 Å². The van der Waals surface area contributed by atoms with Gasteiger partial charge in [-0.15, -0.1) is 0 Å². The van der Waals surface area contributed by atoms with Gasteiger partial charge in [-0.2, -0.15) is 0 Å². The molecule has 0 fully saturated rings. The first-order valence-electron chi connectivity index (χ1n) is 14.9. The van der Waals surface area contributed by atoms with Gasteiger partial charge in [-0.3, -0.25) is 15.0 Å². The third kappa shape index (κ3) is 5.32. The molecular formula is C41H31N3. The van der Waals surface area contributed by atoms with E-state index < -0.39 is 0 Å². The maximum absolute atomic E-state index is 5.05. The molecule has 44 heavy (non-hydrogen) atoms. The number of pyridine rings is 3. The highest BCUT2D eigenvalue weighted by Crippen LogP contribution is 2.44. The van der Waals surface area contributed by atoms with Crippen LogP contribution in [0.25, 0.3) is 44.9 Å². The predicted molar refractivity (Wildman–Crippen MR) is 180 cm³/mol. The molecule has 0 N–H and O–H groups in total. The van der Waals surface area contributed by atoms with Crippen LogP contribution < -0.4 is 0 Å². The summed E-state index contributed by atoms with van der Waals surface area (Å²) in [5.41, 5.74) is 13.2. The topological polar surface area (TPSA) is 38.7 Å². The van der Waals surface area contributed by atoms with Gasteiger partial charge in [-0.05, 0) is 65.1 Å². The quantitative estimate of drug-likeness (QED) is 0.181. The van der Waals surface area contributed by atoms with Crippen molar-refractivity contribution in [1.82, 2.24) is 15.0 Å². The van der Waals surface area contributed by atoms with Gasteiger partial charge in [-0.1, -0.05) is 115 Å². The average Bonchev–Trinajstić information content (AvgIpc) is 3.10. The Morgan fingerprint density at radius 1 is 0.409 bits per heavy atom. The van der Waals surface area contributed by atoms with Crippen LogP contribution in [0.5, 0.6) is 0 Å². The van der Waals surface area contributed by atoms with Crippen LogP contribution >= 0.6 is 0 Å². The molecule has 7 aromatic rings. The lowest BCUT2D eigenvalue weighted by atomic mass is 9.77. The molecule has 0 bridgehead atoms. The van der Waals surface area contributed by atoms with Crippen LogP contribution in [0.2, 0.25) is 0 Å². The maximum atomic E-state index is 5.05. The number of hydrogen-bond acceptors (Lipinski definition) is 3. The van der Waals surface area contributed by atoms with E-state index in [1.165, 1.54) is 27.8 Å². The lowest BCUT2D eigenvalue weighted by Crippen LogP contribution is -2.09. The molecule has 0 aliphatic heterocycles. The Bertz CT molecular complexity index is 1940. The summed E-state index contributed by atoms with van der Waals surface area (Å²) >= 11 is 0. The summed E-state index contributed by atoms with van der Waals surface area (Å²) in [6, 6.07) is 50.8. The number of hydrogen-bond donors (Lipinski definition) is 0. The zero-order valence-corrected chi connectivity index (χ0v) is 24.5. The van der Waals surface area contributed by atoms with Crippen molar-refractivity contribution in [2.45, 2.75) is 12.8 Å². The molecule has 4 aromatic carbocycles. The van der Waals surface area contributed by atoms with E-state index in [1.54, 1.807) is 0 Å². The summed E-state index contributed by atoms with van der Waals surface area (Å²) in [5.74, 6) is -0.112. The second kappa shape index (κ2) is 12.3. The summed E-state index contributed by atoms with van der Waals surface area (Å²) in [5, 5.41) is 0. The molecular weight excluding hydrogens is 534 g/mol. The van der Waals surface area contributed by atoms with Crippen molar-refractivity contribution in [2.24, 2.45) is 0 Å². The minimum atomic E-state index is -0.112. The van der Waals surface area contributed by atoms with E-state index in [1.807, 2.05) is 48.9 Å². The molecule has 3 aromatic heterocycles. The first kappa shape index (κ1) is 27.2. The number of aryl methyl sites for hydroxylation is 1. The third-order valence-electron chi connectivity index (χ3n) is 8.17. The third-order valence-corrected chi connectivity index (χ3v) is 8.17. The highest BCUT2D eigenvalue weighted by molar-refractivity contribution is 5.77. The maximum Gasteiger partial charge on any atom is 0.0708 e. The molecule has 210 valence electrons. The van der Waals surface area contributed by atoms with Gasteiger partial charge in [-0.25, -0.2) is 0 Å². The van der Waals surface area contributed by atoms with Gasteiger partial charge in [0.15, 0.2) is 0 Å². The summed E-state index contributed by atoms with van der Waals surface area (Å²) in [4.78, 5) is 14.6. The van der Waals surface area contributed by atoms with Crippen LogP contribution in [0.4, 0.5) is 0 Å². The second-order valence-corrected chi connectivity index (χ2v) is 10.9. The first-order valence-corrected chi connectivity index (χ1v) is 14.9. The molecule has 0 radical (unpaired) electrons. The lowest BCUT2D eigenvalue weighted by Gasteiger charge is -2.26. The SMILES string of the molecule is Cc1cc(-c2ccccc2C(c2ccccc2-c2ccccn2)c2ccccc2-c2ccccn2)ncc1-c1ccccc1. The largest absolute Gasteiger partial charge is 0.256 e. The summed E-state index contributed by atoms with van der Waals surface area (Å²) < 4.78 is 0. The Morgan fingerprint density at radius 2 is 0.864 bits per heavy atom.